The number of benzene rings is 1. The van der Waals surface area contributed by atoms with Gasteiger partial charge >= 0.3 is 0 Å². The molecule has 0 amide bonds. The summed E-state index contributed by atoms with van der Waals surface area (Å²) in [5.41, 5.74) is 0.795. The van der Waals surface area contributed by atoms with Crippen molar-refractivity contribution in [3.05, 3.63) is 24.3 Å². The van der Waals surface area contributed by atoms with Gasteiger partial charge in [0, 0.05) is 18.8 Å². The van der Waals surface area contributed by atoms with Crippen LogP contribution in [0.1, 0.15) is 13.8 Å². The molecule has 1 rings (SSSR count). The van der Waals surface area contributed by atoms with E-state index in [9.17, 15) is 8.42 Å². The molecule has 0 aliphatic carbocycles. The van der Waals surface area contributed by atoms with E-state index in [4.69, 9.17) is 4.74 Å². The van der Waals surface area contributed by atoms with Crippen LogP contribution in [0.5, 0.6) is 0 Å². The van der Waals surface area contributed by atoms with E-state index >= 15 is 0 Å². The second-order valence-electron chi connectivity index (χ2n) is 3.93. The van der Waals surface area contributed by atoms with Crippen molar-refractivity contribution < 1.29 is 13.2 Å². The van der Waals surface area contributed by atoms with Gasteiger partial charge in [-0.1, -0.05) is 13.0 Å². The number of ether oxygens (including phenoxy) is 1. The molecule has 1 N–H and O–H groups in total. The van der Waals surface area contributed by atoms with Gasteiger partial charge in [0.15, 0.2) is 9.84 Å². The molecule has 5 heteroatoms. The van der Waals surface area contributed by atoms with Gasteiger partial charge in [0.25, 0.3) is 0 Å². The van der Waals surface area contributed by atoms with Crippen molar-refractivity contribution in [1.82, 2.24) is 0 Å². The summed E-state index contributed by atoms with van der Waals surface area (Å²) in [6.07, 6.45) is 0. The Morgan fingerprint density at radius 3 is 2.71 bits per heavy atom. The molecule has 1 atom stereocenters. The number of hydrogen-bond donors (Lipinski definition) is 1. The van der Waals surface area contributed by atoms with E-state index in [1.54, 1.807) is 32.2 Å². The Morgan fingerprint density at radius 1 is 1.41 bits per heavy atom. The molecule has 0 aromatic heterocycles. The van der Waals surface area contributed by atoms with E-state index in [1.165, 1.54) is 0 Å². The van der Waals surface area contributed by atoms with Crippen molar-refractivity contribution in [3.8, 4) is 0 Å². The lowest BCUT2D eigenvalue weighted by molar-refractivity contribution is 0.190. The summed E-state index contributed by atoms with van der Waals surface area (Å²) in [7, 11) is -1.50. The Bertz CT molecular complexity index is 457. The highest BCUT2D eigenvalue weighted by Crippen LogP contribution is 2.17. The first-order valence-electron chi connectivity index (χ1n) is 5.58. The fraction of sp³-hybridized carbons (Fsp3) is 0.500. The highest BCUT2D eigenvalue weighted by atomic mass is 32.2. The summed E-state index contributed by atoms with van der Waals surface area (Å²) in [6.45, 7) is 4.19. The summed E-state index contributed by atoms with van der Waals surface area (Å²) >= 11 is 0. The second-order valence-corrected chi connectivity index (χ2v) is 6.21. The molecular formula is C12H19NO3S. The van der Waals surface area contributed by atoms with Crippen molar-refractivity contribution in [2.75, 3.05) is 24.8 Å². The molecule has 0 aliphatic heterocycles. The molecule has 1 aromatic rings. The van der Waals surface area contributed by atoms with Crippen LogP contribution in [0.15, 0.2) is 29.2 Å². The van der Waals surface area contributed by atoms with Gasteiger partial charge in [-0.15, -0.1) is 0 Å². The van der Waals surface area contributed by atoms with Crippen molar-refractivity contribution in [2.24, 2.45) is 0 Å². The van der Waals surface area contributed by atoms with Gasteiger partial charge in [-0.05, 0) is 25.1 Å². The van der Waals surface area contributed by atoms with Crippen LogP contribution in [0.25, 0.3) is 0 Å². The van der Waals surface area contributed by atoms with Gasteiger partial charge in [0.2, 0.25) is 0 Å². The minimum atomic E-state index is -3.14. The average Bonchev–Trinajstić information content (AvgIpc) is 2.29. The lowest BCUT2D eigenvalue weighted by Gasteiger charge is -2.14. The minimum Gasteiger partial charge on any atom is -0.383 e. The SMILES string of the molecule is CCS(=O)(=O)c1cccc(N[C@H](C)COC)c1. The fourth-order valence-corrected chi connectivity index (χ4v) is 2.45. The zero-order valence-electron chi connectivity index (χ0n) is 10.4. The average molecular weight is 257 g/mol. The lowest BCUT2D eigenvalue weighted by Crippen LogP contribution is -2.20. The third-order valence-electron chi connectivity index (χ3n) is 2.40. The molecule has 0 saturated heterocycles. The third-order valence-corrected chi connectivity index (χ3v) is 4.14. The van der Waals surface area contributed by atoms with Gasteiger partial charge in [-0.3, -0.25) is 0 Å². The van der Waals surface area contributed by atoms with Crippen LogP contribution < -0.4 is 5.32 Å². The number of hydrogen-bond acceptors (Lipinski definition) is 4. The molecule has 0 aliphatic rings. The summed E-state index contributed by atoms with van der Waals surface area (Å²) in [5.74, 6) is 0.115. The van der Waals surface area contributed by atoms with Crippen LogP contribution in [0.3, 0.4) is 0 Å². The first-order chi connectivity index (χ1) is 7.99. The van der Waals surface area contributed by atoms with Crippen LogP contribution in [-0.4, -0.2) is 33.9 Å². The predicted octanol–water partition coefficient (Wildman–Crippen LogP) is 1.93. The Labute approximate surface area is 103 Å². The van der Waals surface area contributed by atoms with E-state index in [0.717, 1.165) is 5.69 Å². The number of methoxy groups -OCH3 is 1. The molecule has 96 valence electrons. The molecule has 0 unspecified atom stereocenters. The maximum Gasteiger partial charge on any atom is 0.178 e. The monoisotopic (exact) mass is 257 g/mol. The minimum absolute atomic E-state index is 0.115. The van der Waals surface area contributed by atoms with Gasteiger partial charge in [0.05, 0.1) is 17.3 Å². The van der Waals surface area contributed by atoms with E-state index in [1.807, 2.05) is 13.0 Å². The summed E-state index contributed by atoms with van der Waals surface area (Å²) in [4.78, 5) is 0.356. The molecule has 0 saturated carbocycles. The topological polar surface area (TPSA) is 55.4 Å². The molecular weight excluding hydrogens is 238 g/mol. The molecule has 0 spiro atoms. The quantitative estimate of drug-likeness (QED) is 0.846. The van der Waals surface area contributed by atoms with Crippen molar-refractivity contribution >= 4 is 15.5 Å². The van der Waals surface area contributed by atoms with Crippen LogP contribution in [0.2, 0.25) is 0 Å². The Balaban J connectivity index is 2.87. The Kier molecular flexibility index (Phi) is 4.96. The van der Waals surface area contributed by atoms with Gasteiger partial charge < -0.3 is 10.1 Å². The van der Waals surface area contributed by atoms with E-state index < -0.39 is 9.84 Å². The molecule has 17 heavy (non-hydrogen) atoms. The summed E-state index contributed by atoms with van der Waals surface area (Å²) in [6, 6.07) is 7.00. The maximum atomic E-state index is 11.7. The highest BCUT2D eigenvalue weighted by Gasteiger charge is 2.12. The van der Waals surface area contributed by atoms with Crippen molar-refractivity contribution in [2.45, 2.75) is 24.8 Å². The van der Waals surface area contributed by atoms with Gasteiger partial charge in [0.1, 0.15) is 0 Å². The van der Waals surface area contributed by atoms with Gasteiger partial charge in [-0.2, -0.15) is 0 Å². The first-order valence-corrected chi connectivity index (χ1v) is 7.23. The Hall–Kier alpha value is -1.07. The van der Waals surface area contributed by atoms with Crippen molar-refractivity contribution in [3.63, 3.8) is 0 Å². The van der Waals surface area contributed by atoms with Crippen LogP contribution in [-0.2, 0) is 14.6 Å². The van der Waals surface area contributed by atoms with Crippen molar-refractivity contribution in [1.29, 1.82) is 0 Å². The number of anilines is 1. The summed E-state index contributed by atoms with van der Waals surface area (Å²) in [5, 5.41) is 3.19. The highest BCUT2D eigenvalue weighted by molar-refractivity contribution is 7.91. The maximum absolute atomic E-state index is 11.7. The number of nitrogens with one attached hydrogen (secondary N) is 1. The van der Waals surface area contributed by atoms with Crippen LogP contribution >= 0.6 is 0 Å². The van der Waals surface area contributed by atoms with Gasteiger partial charge in [-0.25, -0.2) is 8.42 Å². The first kappa shape index (κ1) is 14.0. The van der Waals surface area contributed by atoms with Crippen LogP contribution in [0.4, 0.5) is 5.69 Å². The molecule has 0 heterocycles. The van der Waals surface area contributed by atoms with E-state index in [-0.39, 0.29) is 11.8 Å². The molecule has 0 fully saturated rings. The second kappa shape index (κ2) is 6.02. The fourth-order valence-electron chi connectivity index (χ4n) is 1.52. The normalized spacial score (nSPS) is 13.4. The number of sulfone groups is 1. The van der Waals surface area contributed by atoms with E-state index in [0.29, 0.717) is 11.5 Å². The lowest BCUT2D eigenvalue weighted by atomic mass is 10.3. The Morgan fingerprint density at radius 2 is 2.12 bits per heavy atom. The van der Waals surface area contributed by atoms with Crippen LogP contribution in [0, 0.1) is 0 Å². The third kappa shape index (κ3) is 4.02. The largest absolute Gasteiger partial charge is 0.383 e. The zero-order valence-corrected chi connectivity index (χ0v) is 11.3. The summed E-state index contributed by atoms with van der Waals surface area (Å²) < 4.78 is 28.4. The molecule has 4 nitrogen and oxygen atoms in total. The standard InChI is InChI=1S/C12H19NO3S/c1-4-17(14,15)12-7-5-6-11(8-12)13-10(2)9-16-3/h5-8,10,13H,4,9H2,1-3H3/t10-/m1/s1. The molecule has 1 aromatic carbocycles. The molecule has 0 radical (unpaired) electrons. The smallest absolute Gasteiger partial charge is 0.178 e. The number of rotatable bonds is 6. The van der Waals surface area contributed by atoms with E-state index in [2.05, 4.69) is 5.32 Å². The predicted molar refractivity (Wildman–Crippen MR) is 69.1 cm³/mol. The zero-order chi connectivity index (χ0) is 12.9. The molecule has 0 bridgehead atoms.